The maximum Gasteiger partial charge on any atom is 0.414 e. The average Bonchev–Trinajstić information content (AvgIpc) is 3.32. The zero-order valence-electron chi connectivity index (χ0n) is 22.3. The number of rotatable bonds is 10. The van der Waals surface area contributed by atoms with Gasteiger partial charge in [-0.15, -0.1) is 11.3 Å². The molecule has 0 aliphatic rings. The highest BCUT2D eigenvalue weighted by Gasteiger charge is 2.27. The number of carbonyl (C=O) groups is 4. The predicted molar refractivity (Wildman–Crippen MR) is 146 cm³/mol. The first-order chi connectivity index (χ1) is 19.0. The Kier molecular flexibility index (Phi) is 10.9. The molecule has 1 aromatic heterocycles. The van der Waals surface area contributed by atoms with Crippen molar-refractivity contribution in [3.8, 4) is 0 Å². The number of nitrogens with one attached hydrogen (secondary N) is 5. The number of sulfonamides is 1. The number of thiophene rings is 1. The standard InChI is InChI=1S/C23H28N6O10S2/c1-23(2,3)39-22(33)27-21(24)26-17(30)10-9-16(20(32)38-4)25-19(31)18-15(11-12-40-18)28-41(36,37)14-7-5-13(6-8-14)29(34)35/h5-8,11-12,16,28H,9-10H2,1-4H3,(H,25,31)(H3,24,26,27,30,33)/t16-/m0/s1. The summed E-state index contributed by atoms with van der Waals surface area (Å²) in [6.45, 7) is 4.84. The van der Waals surface area contributed by atoms with Crippen LogP contribution in [-0.2, 0) is 29.1 Å². The van der Waals surface area contributed by atoms with Gasteiger partial charge in [0, 0.05) is 18.6 Å². The van der Waals surface area contributed by atoms with Gasteiger partial charge in [-0.25, -0.2) is 18.0 Å². The van der Waals surface area contributed by atoms with Gasteiger partial charge in [-0.3, -0.25) is 40.5 Å². The van der Waals surface area contributed by atoms with Crippen LogP contribution in [0.5, 0.6) is 0 Å². The van der Waals surface area contributed by atoms with Gasteiger partial charge in [0.25, 0.3) is 21.6 Å². The molecule has 0 saturated heterocycles. The zero-order chi connectivity index (χ0) is 31.0. The van der Waals surface area contributed by atoms with E-state index in [1.165, 1.54) is 11.4 Å². The van der Waals surface area contributed by atoms with E-state index in [9.17, 15) is 37.7 Å². The maximum atomic E-state index is 12.9. The average molecular weight is 613 g/mol. The van der Waals surface area contributed by atoms with Crippen LogP contribution in [0.15, 0.2) is 40.6 Å². The second-order valence-corrected chi connectivity index (χ2v) is 11.8. The van der Waals surface area contributed by atoms with Gasteiger partial charge in [0.05, 0.1) is 22.6 Å². The summed E-state index contributed by atoms with van der Waals surface area (Å²) in [5, 5.41) is 26.4. The lowest BCUT2D eigenvalue weighted by Crippen LogP contribution is -2.46. The van der Waals surface area contributed by atoms with Crippen molar-refractivity contribution in [1.29, 1.82) is 5.41 Å². The van der Waals surface area contributed by atoms with Gasteiger partial charge in [-0.2, -0.15) is 0 Å². The fraction of sp³-hybridized carbons (Fsp3) is 0.348. The van der Waals surface area contributed by atoms with Crippen molar-refractivity contribution in [3.63, 3.8) is 0 Å². The largest absolute Gasteiger partial charge is 0.467 e. The topological polar surface area (TPSA) is 236 Å². The van der Waals surface area contributed by atoms with Crippen LogP contribution in [0.3, 0.4) is 0 Å². The Bertz CT molecular complexity index is 1430. The Morgan fingerprint density at radius 2 is 1.73 bits per heavy atom. The molecular weight excluding hydrogens is 584 g/mol. The Hall–Kier alpha value is -4.58. The monoisotopic (exact) mass is 612 g/mol. The lowest BCUT2D eigenvalue weighted by molar-refractivity contribution is -0.384. The minimum atomic E-state index is -4.23. The number of nitro groups is 1. The number of amides is 3. The summed E-state index contributed by atoms with van der Waals surface area (Å²) in [4.78, 5) is 58.9. The molecule has 1 aromatic carbocycles. The second kappa shape index (κ2) is 13.7. The molecule has 18 heteroatoms. The Labute approximate surface area is 238 Å². The van der Waals surface area contributed by atoms with Crippen molar-refractivity contribution in [2.24, 2.45) is 0 Å². The number of anilines is 1. The van der Waals surface area contributed by atoms with Gasteiger partial charge in [-0.1, -0.05) is 0 Å². The third-order valence-electron chi connectivity index (χ3n) is 4.82. The minimum Gasteiger partial charge on any atom is -0.467 e. The number of nitro benzene ring substituents is 1. The molecule has 222 valence electrons. The van der Waals surface area contributed by atoms with Crippen molar-refractivity contribution in [2.75, 3.05) is 11.8 Å². The van der Waals surface area contributed by atoms with Crippen LogP contribution in [0.1, 0.15) is 43.3 Å². The van der Waals surface area contributed by atoms with Crippen LogP contribution in [0, 0.1) is 15.5 Å². The lowest BCUT2D eigenvalue weighted by atomic mass is 10.1. The minimum absolute atomic E-state index is 0.114. The number of esters is 1. The van der Waals surface area contributed by atoms with Gasteiger partial charge in [0.1, 0.15) is 16.5 Å². The molecule has 0 aliphatic carbocycles. The first-order valence-electron chi connectivity index (χ1n) is 11.6. The molecule has 1 atom stereocenters. The van der Waals surface area contributed by atoms with Crippen LogP contribution >= 0.6 is 11.3 Å². The molecule has 16 nitrogen and oxygen atoms in total. The van der Waals surface area contributed by atoms with E-state index < -0.39 is 56.4 Å². The summed E-state index contributed by atoms with van der Waals surface area (Å²) in [6, 6.07) is 4.09. The molecule has 1 heterocycles. The molecule has 5 N–H and O–H groups in total. The van der Waals surface area contributed by atoms with E-state index in [-0.39, 0.29) is 34.0 Å². The van der Waals surface area contributed by atoms with Gasteiger partial charge in [-0.05, 0) is 50.8 Å². The van der Waals surface area contributed by atoms with Crippen molar-refractivity contribution in [3.05, 3.63) is 50.7 Å². The van der Waals surface area contributed by atoms with Crippen LogP contribution in [0.25, 0.3) is 0 Å². The van der Waals surface area contributed by atoms with Crippen molar-refractivity contribution < 1.29 is 42.0 Å². The van der Waals surface area contributed by atoms with E-state index in [0.717, 1.165) is 42.7 Å². The first kappa shape index (κ1) is 32.6. The van der Waals surface area contributed by atoms with Gasteiger partial charge < -0.3 is 14.8 Å². The van der Waals surface area contributed by atoms with E-state index in [1.54, 1.807) is 20.8 Å². The summed E-state index contributed by atoms with van der Waals surface area (Å²) in [5.74, 6) is -3.16. The van der Waals surface area contributed by atoms with Crippen LogP contribution in [-0.4, -0.2) is 61.9 Å². The summed E-state index contributed by atoms with van der Waals surface area (Å²) in [5.41, 5.74) is -1.25. The van der Waals surface area contributed by atoms with Crippen molar-refractivity contribution >= 4 is 62.6 Å². The second-order valence-electron chi connectivity index (χ2n) is 9.16. The number of benzene rings is 1. The van der Waals surface area contributed by atoms with E-state index in [2.05, 4.69) is 20.1 Å². The number of guanidine groups is 1. The third kappa shape index (κ3) is 10.2. The highest BCUT2D eigenvalue weighted by atomic mass is 32.2. The van der Waals surface area contributed by atoms with E-state index >= 15 is 0 Å². The summed E-state index contributed by atoms with van der Waals surface area (Å²) in [7, 11) is -3.17. The number of carbonyl (C=O) groups excluding carboxylic acids is 4. The number of hydrogen-bond donors (Lipinski definition) is 5. The molecule has 2 aromatic rings. The summed E-state index contributed by atoms with van der Waals surface area (Å²) >= 11 is 0.864. The third-order valence-corrected chi connectivity index (χ3v) is 7.11. The Morgan fingerprint density at radius 1 is 1.10 bits per heavy atom. The fourth-order valence-corrected chi connectivity index (χ4v) is 4.93. The SMILES string of the molecule is COC(=O)[C@H](CCC(=O)NC(=N)NC(=O)OC(C)(C)C)NC(=O)c1sccc1NS(=O)(=O)c1ccc([N+](=O)[O-])cc1. The Balaban J connectivity index is 2.04. The molecule has 41 heavy (non-hydrogen) atoms. The Morgan fingerprint density at radius 3 is 2.29 bits per heavy atom. The number of nitrogens with zero attached hydrogens (tertiary/aromatic N) is 1. The smallest absolute Gasteiger partial charge is 0.414 e. The molecule has 3 amide bonds. The zero-order valence-corrected chi connectivity index (χ0v) is 23.9. The van der Waals surface area contributed by atoms with E-state index in [0.29, 0.717) is 0 Å². The molecular formula is C23H28N6O10S2. The van der Waals surface area contributed by atoms with Gasteiger partial charge >= 0.3 is 12.1 Å². The quantitative estimate of drug-likeness (QED) is 0.0861. The normalized spacial score (nSPS) is 11.9. The van der Waals surface area contributed by atoms with Gasteiger partial charge in [0.15, 0.2) is 0 Å². The van der Waals surface area contributed by atoms with Gasteiger partial charge in [0.2, 0.25) is 11.9 Å². The van der Waals surface area contributed by atoms with E-state index in [1.807, 2.05) is 5.32 Å². The molecule has 0 unspecified atom stereocenters. The fourth-order valence-electron chi connectivity index (χ4n) is 3.05. The van der Waals surface area contributed by atoms with Crippen molar-refractivity contribution in [2.45, 2.75) is 50.2 Å². The van der Waals surface area contributed by atoms with Crippen LogP contribution in [0.4, 0.5) is 16.2 Å². The molecule has 0 fully saturated rings. The molecule has 0 radical (unpaired) electrons. The molecule has 0 spiro atoms. The summed E-state index contributed by atoms with van der Waals surface area (Å²) < 4.78 is 37.4. The highest BCUT2D eigenvalue weighted by molar-refractivity contribution is 7.92. The van der Waals surface area contributed by atoms with Crippen LogP contribution in [0.2, 0.25) is 0 Å². The highest BCUT2D eigenvalue weighted by Crippen LogP contribution is 2.26. The predicted octanol–water partition coefficient (Wildman–Crippen LogP) is 2.08. The molecule has 0 aliphatic heterocycles. The van der Waals surface area contributed by atoms with Crippen LogP contribution < -0.4 is 20.7 Å². The van der Waals surface area contributed by atoms with E-state index in [4.69, 9.17) is 10.1 Å². The lowest BCUT2D eigenvalue weighted by Gasteiger charge is -2.20. The maximum absolute atomic E-state index is 12.9. The first-order valence-corrected chi connectivity index (χ1v) is 14.0. The molecule has 0 bridgehead atoms. The number of non-ortho nitro benzene ring substituents is 1. The molecule has 2 rings (SSSR count). The number of methoxy groups -OCH3 is 1. The number of alkyl carbamates (subject to hydrolysis) is 1. The number of hydrogen-bond acceptors (Lipinski definition) is 12. The summed E-state index contributed by atoms with van der Waals surface area (Å²) in [6.07, 6.45) is -1.60. The molecule has 0 saturated carbocycles. The van der Waals surface area contributed by atoms with Crippen molar-refractivity contribution in [1.82, 2.24) is 16.0 Å². The number of ether oxygens (including phenoxy) is 2.